The minimum absolute atomic E-state index is 0.101. The van der Waals surface area contributed by atoms with Crippen molar-refractivity contribution >= 4 is 39.5 Å². The summed E-state index contributed by atoms with van der Waals surface area (Å²) in [6.07, 6.45) is 46.3. The van der Waals surface area contributed by atoms with Gasteiger partial charge in [0.15, 0.2) is 12.2 Å². The summed E-state index contributed by atoms with van der Waals surface area (Å²) in [5, 5.41) is 10.6. The van der Waals surface area contributed by atoms with Crippen molar-refractivity contribution in [2.45, 2.75) is 382 Å². The molecule has 17 nitrogen and oxygen atoms in total. The van der Waals surface area contributed by atoms with Crippen LogP contribution in [-0.4, -0.2) is 96.7 Å². The van der Waals surface area contributed by atoms with Gasteiger partial charge in [0.25, 0.3) is 0 Å². The standard InChI is InChI=1S/C73H142O17P2/c1-63(2)49-41-33-25-20-17-15-13-11-9-10-12-14-16-18-22-28-37-45-53-70(75)83-59-68(89-72(77)55-47-39-29-23-19-21-26-34-42-50-64(3)4)61-87-91(79,80)85-57-67(74)58-86-92(81,82)88-62-69(90-73(78)56-48-40-32-31-36-44-52-66(7)8)60-84-71(76)54-46-38-30-24-27-35-43-51-65(5)6/h63-69,74H,9-62H2,1-8H3,(H,79,80)(H,81,82)/t67?,68-,69-/m1/s1. The molecule has 0 spiro atoms. The zero-order valence-electron chi connectivity index (χ0n) is 60.2. The van der Waals surface area contributed by atoms with Gasteiger partial charge in [0.05, 0.1) is 26.4 Å². The summed E-state index contributed by atoms with van der Waals surface area (Å²) >= 11 is 0. The Hall–Kier alpha value is -1.94. The molecule has 0 aliphatic rings. The lowest BCUT2D eigenvalue weighted by molar-refractivity contribution is -0.161. The predicted molar refractivity (Wildman–Crippen MR) is 372 cm³/mol. The molecule has 0 aliphatic carbocycles. The average Bonchev–Trinajstić information content (AvgIpc) is 2.78. The van der Waals surface area contributed by atoms with Gasteiger partial charge in [-0.3, -0.25) is 37.3 Å². The number of rotatable bonds is 70. The van der Waals surface area contributed by atoms with Gasteiger partial charge in [-0.2, -0.15) is 0 Å². The third-order valence-electron chi connectivity index (χ3n) is 16.8. The fourth-order valence-electron chi connectivity index (χ4n) is 11.0. The van der Waals surface area contributed by atoms with Crippen molar-refractivity contribution in [3.05, 3.63) is 0 Å². The van der Waals surface area contributed by atoms with E-state index in [-0.39, 0.29) is 25.7 Å². The van der Waals surface area contributed by atoms with Crippen LogP contribution in [0.3, 0.4) is 0 Å². The van der Waals surface area contributed by atoms with Crippen LogP contribution in [0.5, 0.6) is 0 Å². The normalized spacial score (nSPS) is 14.2. The smallest absolute Gasteiger partial charge is 0.462 e. The second-order valence-corrected chi connectivity index (χ2v) is 31.1. The Bertz CT molecular complexity index is 1820. The van der Waals surface area contributed by atoms with E-state index in [0.29, 0.717) is 37.5 Å². The molecule has 0 heterocycles. The number of aliphatic hydroxyl groups excluding tert-OH is 1. The monoisotopic (exact) mass is 1350 g/mol. The zero-order chi connectivity index (χ0) is 68.2. The van der Waals surface area contributed by atoms with Crippen molar-refractivity contribution in [1.82, 2.24) is 0 Å². The Kier molecular flexibility index (Phi) is 61.3. The SMILES string of the molecule is CC(C)CCCCCCCCCCCCCCCCCCCCC(=O)OC[C@H](COP(=O)(O)OCC(O)COP(=O)(O)OC[C@@H](COC(=O)CCCCCCCCCC(C)C)OC(=O)CCCCCCCCC(C)C)OC(=O)CCCCCCCCCCCC(C)C. The van der Waals surface area contributed by atoms with Crippen LogP contribution in [0.15, 0.2) is 0 Å². The molecule has 3 unspecified atom stereocenters. The number of phosphoric ester groups is 2. The minimum atomic E-state index is -4.95. The third kappa shape index (κ3) is 66.7. The molecule has 92 heavy (non-hydrogen) atoms. The number of hydrogen-bond donors (Lipinski definition) is 3. The highest BCUT2D eigenvalue weighted by atomic mass is 31.2. The molecule has 0 aromatic carbocycles. The Balaban J connectivity index is 5.14. The van der Waals surface area contributed by atoms with Crippen LogP contribution in [0.25, 0.3) is 0 Å². The number of phosphoric acid groups is 2. The van der Waals surface area contributed by atoms with Gasteiger partial charge in [-0.25, -0.2) is 9.13 Å². The number of carbonyl (C=O) groups is 4. The first-order valence-corrected chi connectivity index (χ1v) is 40.7. The summed E-state index contributed by atoms with van der Waals surface area (Å²) in [5.41, 5.74) is 0. The summed E-state index contributed by atoms with van der Waals surface area (Å²) in [7, 11) is -9.90. The van der Waals surface area contributed by atoms with Crippen molar-refractivity contribution in [2.24, 2.45) is 23.7 Å². The molecule has 0 aromatic rings. The summed E-state index contributed by atoms with van der Waals surface area (Å²) in [6.45, 7) is 14.0. The van der Waals surface area contributed by atoms with E-state index < -0.39 is 97.5 Å². The van der Waals surface area contributed by atoms with Crippen molar-refractivity contribution in [3.8, 4) is 0 Å². The molecule has 5 atom stereocenters. The summed E-state index contributed by atoms with van der Waals surface area (Å²) in [5.74, 6) is 0.802. The number of esters is 4. The quantitative estimate of drug-likeness (QED) is 0.0222. The molecule has 0 fully saturated rings. The lowest BCUT2D eigenvalue weighted by Gasteiger charge is -2.21. The van der Waals surface area contributed by atoms with Gasteiger partial charge >= 0.3 is 39.5 Å². The van der Waals surface area contributed by atoms with Crippen LogP contribution < -0.4 is 0 Å². The maximum atomic E-state index is 13.0. The second kappa shape index (κ2) is 62.6. The molecule has 546 valence electrons. The van der Waals surface area contributed by atoms with Gasteiger partial charge in [0, 0.05) is 25.7 Å². The summed E-state index contributed by atoms with van der Waals surface area (Å²) in [4.78, 5) is 72.5. The molecule has 3 N–H and O–H groups in total. The molecule has 0 bridgehead atoms. The molecule has 0 aromatic heterocycles. The Morgan fingerprint density at radius 2 is 0.457 bits per heavy atom. The highest BCUT2D eigenvalue weighted by molar-refractivity contribution is 7.47. The first kappa shape index (κ1) is 90.1. The highest BCUT2D eigenvalue weighted by Crippen LogP contribution is 2.45. The van der Waals surface area contributed by atoms with Crippen LogP contribution >= 0.6 is 15.6 Å². The number of ether oxygens (including phenoxy) is 4. The van der Waals surface area contributed by atoms with E-state index in [1.165, 1.54) is 161 Å². The molecular weight excluding hydrogens is 1210 g/mol. The summed E-state index contributed by atoms with van der Waals surface area (Å²) < 4.78 is 68.3. The zero-order valence-corrected chi connectivity index (χ0v) is 62.0. The second-order valence-electron chi connectivity index (χ2n) is 28.2. The fraction of sp³-hybridized carbons (Fsp3) is 0.945. The van der Waals surface area contributed by atoms with E-state index in [9.17, 15) is 43.2 Å². The van der Waals surface area contributed by atoms with Gasteiger partial charge in [-0.05, 0) is 49.4 Å². The predicted octanol–water partition coefficient (Wildman–Crippen LogP) is 20.9. The van der Waals surface area contributed by atoms with Gasteiger partial charge in [0.2, 0.25) is 0 Å². The van der Waals surface area contributed by atoms with E-state index >= 15 is 0 Å². The lowest BCUT2D eigenvalue weighted by atomic mass is 10.0. The van der Waals surface area contributed by atoms with E-state index in [2.05, 4.69) is 55.4 Å². The number of unbranched alkanes of at least 4 members (excludes halogenated alkanes) is 36. The topological polar surface area (TPSA) is 237 Å². The van der Waals surface area contributed by atoms with Gasteiger partial charge < -0.3 is 33.8 Å². The number of aliphatic hydroxyl groups is 1. The Morgan fingerprint density at radius 3 is 0.674 bits per heavy atom. The van der Waals surface area contributed by atoms with Gasteiger partial charge in [-0.1, -0.05) is 312 Å². The van der Waals surface area contributed by atoms with Gasteiger partial charge in [0.1, 0.15) is 19.3 Å². The lowest BCUT2D eigenvalue weighted by Crippen LogP contribution is -2.30. The van der Waals surface area contributed by atoms with Gasteiger partial charge in [-0.15, -0.1) is 0 Å². The van der Waals surface area contributed by atoms with E-state index in [1.807, 2.05) is 0 Å². The molecule has 19 heteroatoms. The van der Waals surface area contributed by atoms with Crippen molar-refractivity contribution in [3.63, 3.8) is 0 Å². The Morgan fingerprint density at radius 1 is 0.272 bits per heavy atom. The van der Waals surface area contributed by atoms with Crippen LogP contribution in [-0.2, 0) is 65.4 Å². The third-order valence-corrected chi connectivity index (χ3v) is 18.7. The fourth-order valence-corrected chi connectivity index (χ4v) is 12.6. The average molecular weight is 1350 g/mol. The highest BCUT2D eigenvalue weighted by Gasteiger charge is 2.30. The molecular formula is C73H142O17P2. The molecule has 0 aliphatic heterocycles. The van der Waals surface area contributed by atoms with E-state index in [4.69, 9.17) is 37.0 Å². The van der Waals surface area contributed by atoms with Crippen molar-refractivity contribution < 1.29 is 80.2 Å². The number of hydrogen-bond acceptors (Lipinski definition) is 15. The van der Waals surface area contributed by atoms with Crippen molar-refractivity contribution in [1.29, 1.82) is 0 Å². The molecule has 0 radical (unpaired) electrons. The largest absolute Gasteiger partial charge is 0.472 e. The molecule has 0 saturated heterocycles. The maximum Gasteiger partial charge on any atom is 0.472 e. The summed E-state index contributed by atoms with van der Waals surface area (Å²) in [6, 6.07) is 0. The van der Waals surface area contributed by atoms with E-state index in [0.717, 1.165) is 108 Å². The van der Waals surface area contributed by atoms with Crippen LogP contribution in [0, 0.1) is 23.7 Å². The van der Waals surface area contributed by atoms with E-state index in [1.54, 1.807) is 0 Å². The molecule has 0 saturated carbocycles. The molecule has 0 amide bonds. The Labute approximate surface area is 562 Å². The minimum Gasteiger partial charge on any atom is -0.462 e. The maximum absolute atomic E-state index is 13.0. The van der Waals surface area contributed by atoms with Crippen LogP contribution in [0.4, 0.5) is 0 Å². The van der Waals surface area contributed by atoms with Crippen molar-refractivity contribution in [2.75, 3.05) is 39.6 Å². The molecule has 0 rings (SSSR count). The van der Waals surface area contributed by atoms with Crippen LogP contribution in [0.2, 0.25) is 0 Å². The first-order chi connectivity index (χ1) is 44.1. The first-order valence-electron chi connectivity index (χ1n) is 37.7. The number of carbonyl (C=O) groups excluding carboxylic acids is 4. The van der Waals surface area contributed by atoms with Crippen LogP contribution in [0.1, 0.15) is 364 Å².